The van der Waals surface area contributed by atoms with Gasteiger partial charge in [0.05, 0.1) is 22.1 Å². The summed E-state index contributed by atoms with van der Waals surface area (Å²) in [5.74, 6) is 0. The van der Waals surface area contributed by atoms with E-state index in [9.17, 15) is 0 Å². The van der Waals surface area contributed by atoms with Gasteiger partial charge in [0.15, 0.2) is 14.3 Å². The van der Waals surface area contributed by atoms with Crippen LogP contribution >= 0.6 is 14.3 Å². The lowest BCUT2D eigenvalue weighted by Gasteiger charge is -2.26. The van der Waals surface area contributed by atoms with E-state index in [0.717, 1.165) is 143 Å². The summed E-state index contributed by atoms with van der Waals surface area (Å²) in [5.41, 5.74) is 24.3. The molecule has 6 nitrogen and oxygen atoms in total. The second-order valence-corrected chi connectivity index (χ2v) is 33.6. The Balaban J connectivity index is 0.000000145. The monoisotopic (exact) mass is 1440 g/mol. The van der Waals surface area contributed by atoms with E-state index >= 15 is 9.13 Å². The summed E-state index contributed by atoms with van der Waals surface area (Å²) in [4.78, 5) is 4.62. The second kappa shape index (κ2) is 27.3. The van der Waals surface area contributed by atoms with Gasteiger partial charge in [-0.3, -0.25) is 0 Å². The predicted molar refractivity (Wildman–Crippen MR) is 464 cm³/mol. The lowest BCUT2D eigenvalue weighted by molar-refractivity contribution is 0.592. The van der Waals surface area contributed by atoms with Gasteiger partial charge < -0.3 is 28.1 Å². The van der Waals surface area contributed by atoms with Crippen LogP contribution in [-0.2, 0) is 9.13 Å². The summed E-state index contributed by atoms with van der Waals surface area (Å²) in [5, 5.41) is 9.89. The highest BCUT2D eigenvalue weighted by Crippen LogP contribution is 2.56. The molecule has 8 heteroatoms. The van der Waals surface area contributed by atoms with Crippen molar-refractivity contribution < 1.29 is 9.13 Å². The first kappa shape index (κ1) is 65.9. The molecule has 2 aliphatic heterocycles. The van der Waals surface area contributed by atoms with Crippen LogP contribution in [0.1, 0.15) is 0 Å². The zero-order valence-electron chi connectivity index (χ0n) is 59.9. The molecule has 0 saturated carbocycles. The van der Waals surface area contributed by atoms with Gasteiger partial charge in [-0.1, -0.05) is 291 Å². The number of nitrogens with zero attached hydrogens (tertiary/aromatic N) is 4. The van der Waals surface area contributed by atoms with E-state index in [4.69, 9.17) is 0 Å². The fourth-order valence-corrected chi connectivity index (χ4v) is 23.0. The highest BCUT2D eigenvalue weighted by atomic mass is 31.2. The summed E-state index contributed by atoms with van der Waals surface area (Å²) >= 11 is 0. The third-order valence-electron chi connectivity index (χ3n) is 22.0. The average molecular weight is 1450 g/mol. The third kappa shape index (κ3) is 11.1. The number of fused-ring (bicyclic) bond motifs is 12. The molecule has 0 aliphatic carbocycles. The van der Waals surface area contributed by atoms with E-state index in [1.54, 1.807) is 0 Å². The summed E-state index contributed by atoms with van der Waals surface area (Å²) in [6.07, 6.45) is 0. The minimum Gasteiger partial charge on any atom is -0.311 e. The topological polar surface area (TPSA) is 50.5 Å². The van der Waals surface area contributed by atoms with E-state index in [1.165, 1.54) is 33.4 Å². The number of benzene rings is 17. The molecule has 0 radical (unpaired) electrons. The van der Waals surface area contributed by atoms with E-state index in [0.29, 0.717) is 0 Å². The lowest BCUT2D eigenvalue weighted by Crippen LogP contribution is -2.20. The molecule has 2 aliphatic rings. The minimum atomic E-state index is -3.08. The number of para-hydroxylation sites is 3. The van der Waals surface area contributed by atoms with Crippen molar-refractivity contribution in [1.82, 2.24) is 9.13 Å². The molecule has 0 fully saturated rings. The molecular weight excluding hydrogens is 1380 g/mol. The summed E-state index contributed by atoms with van der Waals surface area (Å²) < 4.78 is 35.5. The highest BCUT2D eigenvalue weighted by molar-refractivity contribution is 7.87. The molecule has 2 atom stereocenters. The fraction of sp³-hybridized carbons (Fsp3) is 0. The van der Waals surface area contributed by atoms with Gasteiger partial charge in [-0.05, 0) is 189 Å². The number of hydrogen-bond donors (Lipinski definition) is 0. The Morgan fingerprint density at radius 3 is 0.800 bits per heavy atom. The van der Waals surface area contributed by atoms with Crippen molar-refractivity contribution in [2.45, 2.75) is 0 Å². The van der Waals surface area contributed by atoms with Gasteiger partial charge >= 0.3 is 0 Å². The van der Waals surface area contributed by atoms with Gasteiger partial charge in [0.1, 0.15) is 0 Å². The van der Waals surface area contributed by atoms with Crippen molar-refractivity contribution >= 4 is 124 Å². The van der Waals surface area contributed by atoms with Gasteiger partial charge in [0.25, 0.3) is 0 Å². The normalized spacial score (nSPS) is 14.5. The van der Waals surface area contributed by atoms with Crippen LogP contribution in [0.15, 0.2) is 425 Å². The smallest absolute Gasteiger partial charge is 0.172 e. The lowest BCUT2D eigenvalue weighted by atomic mass is 10.0. The number of anilines is 6. The van der Waals surface area contributed by atoms with E-state index in [-0.39, 0.29) is 0 Å². The Labute approximate surface area is 639 Å². The minimum absolute atomic E-state index is 0.869. The molecule has 0 saturated heterocycles. The van der Waals surface area contributed by atoms with Gasteiger partial charge in [-0.15, -0.1) is 0 Å². The van der Waals surface area contributed by atoms with Crippen LogP contribution in [0.5, 0.6) is 0 Å². The quantitative estimate of drug-likeness (QED) is 0.108. The molecular formula is C102H70N4O2P2. The predicted octanol–water partition coefficient (Wildman–Crippen LogP) is 24.7. The van der Waals surface area contributed by atoms with Crippen molar-refractivity contribution in [2.75, 3.05) is 9.80 Å². The van der Waals surface area contributed by atoms with Crippen molar-refractivity contribution in [3.63, 3.8) is 0 Å². The number of rotatable bonds is 13. The maximum Gasteiger partial charge on any atom is 0.172 e. The van der Waals surface area contributed by atoms with Crippen LogP contribution < -0.4 is 41.6 Å². The summed E-state index contributed by atoms with van der Waals surface area (Å²) in [6.45, 7) is 0. The Morgan fingerprint density at radius 1 is 0.191 bits per heavy atom. The second-order valence-electron chi connectivity index (χ2n) is 28.2. The molecule has 4 heterocycles. The maximum absolute atomic E-state index is 15.4. The van der Waals surface area contributed by atoms with Crippen LogP contribution in [0, 0.1) is 0 Å². The standard InChI is InChI=1S/C54H37N2OP.C48H33N2OP/c57-58(46-18-8-3-9-19-46)53-23-13-11-21-48(53)50-36-52-49(37-54(50)58)47-20-10-12-22-51(47)56(52)45-34-32-44(33-35-45)55(42-28-24-40(25-29-42)38-14-4-1-5-15-38)43-30-26-41(27-31-43)39-16-6-2-7-17-39;51-52(40-18-8-3-9-19-40)47-23-13-11-21-42(47)44-32-46-43(33-48(44)52)41-20-10-12-22-45(41)50(46)39-30-28-38(29-31-39)49(36-16-6-2-7-17-36)37-26-24-35(25-27-37)34-14-4-1-5-15-34/h1-37H;1-33H. The SMILES string of the molecule is O=P1(c2ccccc2)c2ccccc2-c2cc3c(cc21)c1ccccc1n3-c1ccc(N(c2ccc(-c3ccccc3)cc2)c2ccc(-c3ccccc3)cc2)cc1.O=P1(c2ccccc2)c2ccccc2-c2cc3c(cc21)c1ccccc1n3-c1ccc(N(c2ccccc2)c2ccc(-c3ccccc3)cc2)cc1. The first-order chi connectivity index (χ1) is 54.3. The van der Waals surface area contributed by atoms with Crippen LogP contribution in [-0.4, -0.2) is 9.13 Å². The Kier molecular flexibility index (Phi) is 16.4. The van der Waals surface area contributed by atoms with Crippen molar-refractivity contribution in [3.8, 4) is 67.0 Å². The molecule has 2 unspecified atom stereocenters. The molecule has 17 aromatic carbocycles. The van der Waals surface area contributed by atoms with Crippen LogP contribution in [0.25, 0.3) is 111 Å². The van der Waals surface area contributed by atoms with Crippen molar-refractivity contribution in [3.05, 3.63) is 425 Å². The Bertz CT molecular complexity index is 6690. The largest absolute Gasteiger partial charge is 0.311 e. The highest BCUT2D eigenvalue weighted by Gasteiger charge is 2.42. The number of aromatic nitrogens is 2. The average Bonchev–Trinajstić information content (AvgIpc) is 1.54. The van der Waals surface area contributed by atoms with Gasteiger partial charge in [-0.2, -0.15) is 0 Å². The third-order valence-corrected chi connectivity index (χ3v) is 28.3. The molecule has 0 amide bonds. The maximum atomic E-state index is 15.4. The van der Waals surface area contributed by atoms with Gasteiger partial charge in [-0.25, -0.2) is 0 Å². The molecule has 21 rings (SSSR count). The molecule has 2 aromatic heterocycles. The zero-order valence-corrected chi connectivity index (χ0v) is 61.7. The van der Waals surface area contributed by atoms with Crippen molar-refractivity contribution in [2.24, 2.45) is 0 Å². The first-order valence-electron chi connectivity index (χ1n) is 37.3. The van der Waals surface area contributed by atoms with E-state index < -0.39 is 14.3 Å². The van der Waals surface area contributed by atoms with E-state index in [2.05, 4.69) is 359 Å². The van der Waals surface area contributed by atoms with Gasteiger partial charge in [0, 0.05) is 98.9 Å². The molecule has 520 valence electrons. The van der Waals surface area contributed by atoms with Crippen molar-refractivity contribution in [1.29, 1.82) is 0 Å². The first-order valence-corrected chi connectivity index (χ1v) is 40.7. The molecule has 0 N–H and O–H groups in total. The van der Waals surface area contributed by atoms with E-state index in [1.807, 2.05) is 84.9 Å². The Morgan fingerprint density at radius 2 is 0.455 bits per heavy atom. The molecule has 0 bridgehead atoms. The molecule has 0 spiro atoms. The molecule has 19 aromatic rings. The Hall–Kier alpha value is -13.6. The van der Waals surface area contributed by atoms with Crippen LogP contribution in [0.4, 0.5) is 34.1 Å². The van der Waals surface area contributed by atoms with Gasteiger partial charge in [0.2, 0.25) is 0 Å². The summed E-state index contributed by atoms with van der Waals surface area (Å²) in [6, 6.07) is 149. The zero-order chi connectivity index (χ0) is 73.3. The summed E-state index contributed by atoms with van der Waals surface area (Å²) in [7, 11) is -6.14. The van der Waals surface area contributed by atoms with Crippen LogP contribution in [0.2, 0.25) is 0 Å². The fourth-order valence-electron chi connectivity index (χ4n) is 16.8. The molecule has 110 heavy (non-hydrogen) atoms. The number of hydrogen-bond acceptors (Lipinski definition) is 4. The van der Waals surface area contributed by atoms with Crippen LogP contribution in [0.3, 0.4) is 0 Å².